The van der Waals surface area contributed by atoms with Crippen LogP contribution in [0.5, 0.6) is 0 Å². The van der Waals surface area contributed by atoms with Crippen LogP contribution in [-0.4, -0.2) is 16.5 Å². The van der Waals surface area contributed by atoms with E-state index in [0.717, 1.165) is 30.9 Å². The lowest BCUT2D eigenvalue weighted by molar-refractivity contribution is 0.627. The molecule has 0 bridgehead atoms. The van der Waals surface area contributed by atoms with Crippen LogP contribution in [0, 0.1) is 6.92 Å². The lowest BCUT2D eigenvalue weighted by atomic mass is 10.1. The number of fused-ring (bicyclic) bond motifs is 1. The zero-order valence-corrected chi connectivity index (χ0v) is 10.4. The summed E-state index contributed by atoms with van der Waals surface area (Å²) in [6.07, 6.45) is 2.88. The lowest BCUT2D eigenvalue weighted by Crippen LogP contribution is -2.25. The van der Waals surface area contributed by atoms with Crippen LogP contribution in [0.3, 0.4) is 0 Å². The standard InChI is InChI=1S/C14H16N4/c1-10-4-2-3-5-12(10)17-14-16-9-11-8-15-7-6-13(11)18-14/h2-5,9,15H,6-8H2,1H3,(H,16,17,18). The first kappa shape index (κ1) is 11.2. The van der Waals surface area contributed by atoms with Crippen LogP contribution in [0.15, 0.2) is 30.5 Å². The number of hydrogen-bond donors (Lipinski definition) is 2. The van der Waals surface area contributed by atoms with E-state index in [-0.39, 0.29) is 0 Å². The van der Waals surface area contributed by atoms with Crippen molar-refractivity contribution >= 4 is 11.6 Å². The van der Waals surface area contributed by atoms with Crippen molar-refractivity contribution in [2.24, 2.45) is 0 Å². The van der Waals surface area contributed by atoms with Crippen molar-refractivity contribution in [1.82, 2.24) is 15.3 Å². The maximum Gasteiger partial charge on any atom is 0.227 e. The molecule has 1 aromatic heterocycles. The monoisotopic (exact) mass is 240 g/mol. The first-order valence-corrected chi connectivity index (χ1v) is 6.21. The van der Waals surface area contributed by atoms with Crippen LogP contribution in [-0.2, 0) is 13.0 Å². The minimum atomic E-state index is 0.685. The van der Waals surface area contributed by atoms with Gasteiger partial charge in [0.25, 0.3) is 0 Å². The minimum absolute atomic E-state index is 0.685. The van der Waals surface area contributed by atoms with Gasteiger partial charge in [-0.05, 0) is 18.6 Å². The molecule has 18 heavy (non-hydrogen) atoms. The van der Waals surface area contributed by atoms with Crippen molar-refractivity contribution in [2.45, 2.75) is 19.9 Å². The Morgan fingerprint density at radius 1 is 1.28 bits per heavy atom. The zero-order valence-electron chi connectivity index (χ0n) is 10.4. The Hall–Kier alpha value is -1.94. The third-order valence-electron chi connectivity index (χ3n) is 3.20. The highest BCUT2D eigenvalue weighted by molar-refractivity contribution is 5.58. The molecule has 3 rings (SSSR count). The molecule has 0 saturated carbocycles. The number of nitrogens with one attached hydrogen (secondary N) is 2. The van der Waals surface area contributed by atoms with E-state index in [0.29, 0.717) is 5.95 Å². The van der Waals surface area contributed by atoms with Gasteiger partial charge in [0.1, 0.15) is 0 Å². The average molecular weight is 240 g/mol. The Morgan fingerprint density at radius 3 is 3.06 bits per heavy atom. The van der Waals surface area contributed by atoms with Gasteiger partial charge in [0.2, 0.25) is 5.95 Å². The van der Waals surface area contributed by atoms with Gasteiger partial charge in [-0.15, -0.1) is 0 Å². The maximum absolute atomic E-state index is 4.59. The first-order valence-electron chi connectivity index (χ1n) is 6.21. The highest BCUT2D eigenvalue weighted by atomic mass is 15.1. The molecule has 0 atom stereocenters. The molecule has 1 aromatic carbocycles. The average Bonchev–Trinajstić information content (AvgIpc) is 2.41. The number of aromatic nitrogens is 2. The van der Waals surface area contributed by atoms with E-state index < -0.39 is 0 Å². The highest BCUT2D eigenvalue weighted by Gasteiger charge is 2.11. The quantitative estimate of drug-likeness (QED) is 0.844. The summed E-state index contributed by atoms with van der Waals surface area (Å²) in [5.41, 5.74) is 4.61. The van der Waals surface area contributed by atoms with Gasteiger partial charge in [-0.1, -0.05) is 18.2 Å². The summed E-state index contributed by atoms with van der Waals surface area (Å²) in [5.74, 6) is 0.685. The van der Waals surface area contributed by atoms with Crippen LogP contribution < -0.4 is 10.6 Å². The van der Waals surface area contributed by atoms with E-state index in [1.165, 1.54) is 11.1 Å². The van der Waals surface area contributed by atoms with Gasteiger partial charge in [0.15, 0.2) is 0 Å². The Balaban J connectivity index is 1.87. The molecule has 0 spiro atoms. The van der Waals surface area contributed by atoms with Gasteiger partial charge in [-0.2, -0.15) is 0 Å². The SMILES string of the molecule is Cc1ccccc1Nc1ncc2c(n1)CCNC2. The second-order valence-electron chi connectivity index (χ2n) is 4.53. The molecule has 0 amide bonds. The van der Waals surface area contributed by atoms with E-state index in [1.807, 2.05) is 24.4 Å². The van der Waals surface area contributed by atoms with E-state index in [2.05, 4.69) is 33.6 Å². The molecular weight excluding hydrogens is 224 g/mol. The summed E-state index contributed by atoms with van der Waals surface area (Å²) in [4.78, 5) is 8.95. The Morgan fingerprint density at radius 2 is 2.17 bits per heavy atom. The van der Waals surface area contributed by atoms with E-state index in [1.54, 1.807) is 0 Å². The second kappa shape index (κ2) is 4.74. The van der Waals surface area contributed by atoms with E-state index in [9.17, 15) is 0 Å². The summed E-state index contributed by atoms with van der Waals surface area (Å²) in [6, 6.07) is 8.15. The van der Waals surface area contributed by atoms with Crippen molar-refractivity contribution in [3.05, 3.63) is 47.3 Å². The Labute approximate surface area is 106 Å². The number of rotatable bonds is 2. The van der Waals surface area contributed by atoms with Crippen LogP contribution in [0.1, 0.15) is 16.8 Å². The summed E-state index contributed by atoms with van der Waals surface area (Å²) in [6.45, 7) is 3.94. The van der Waals surface area contributed by atoms with Crippen molar-refractivity contribution in [2.75, 3.05) is 11.9 Å². The van der Waals surface area contributed by atoms with Crippen LogP contribution in [0.4, 0.5) is 11.6 Å². The number of para-hydroxylation sites is 1. The van der Waals surface area contributed by atoms with Gasteiger partial charge >= 0.3 is 0 Å². The van der Waals surface area contributed by atoms with E-state index >= 15 is 0 Å². The third kappa shape index (κ3) is 2.19. The fourth-order valence-electron chi connectivity index (χ4n) is 2.13. The molecule has 2 aromatic rings. The molecule has 4 heteroatoms. The molecule has 1 aliphatic heterocycles. The van der Waals surface area contributed by atoms with Gasteiger partial charge in [-0.25, -0.2) is 9.97 Å². The molecule has 1 aliphatic rings. The fourth-order valence-corrected chi connectivity index (χ4v) is 2.13. The minimum Gasteiger partial charge on any atom is -0.324 e. The Kier molecular flexibility index (Phi) is 2.94. The Bertz CT molecular complexity index is 565. The lowest BCUT2D eigenvalue weighted by Gasteiger charge is -2.16. The number of benzene rings is 1. The molecule has 0 saturated heterocycles. The third-order valence-corrected chi connectivity index (χ3v) is 3.20. The molecule has 0 unspecified atom stereocenters. The van der Waals surface area contributed by atoms with Crippen LogP contribution in [0.25, 0.3) is 0 Å². The van der Waals surface area contributed by atoms with Gasteiger partial charge in [0.05, 0.1) is 5.69 Å². The number of nitrogens with zero attached hydrogens (tertiary/aromatic N) is 2. The summed E-state index contributed by atoms with van der Waals surface area (Å²) in [7, 11) is 0. The van der Waals surface area contributed by atoms with Crippen molar-refractivity contribution in [3.63, 3.8) is 0 Å². The molecule has 2 heterocycles. The predicted octanol–water partition coefficient (Wildman–Crippen LogP) is 2.17. The molecule has 2 N–H and O–H groups in total. The van der Waals surface area contributed by atoms with E-state index in [4.69, 9.17) is 0 Å². The van der Waals surface area contributed by atoms with Crippen molar-refractivity contribution < 1.29 is 0 Å². The van der Waals surface area contributed by atoms with Gasteiger partial charge < -0.3 is 10.6 Å². The summed E-state index contributed by atoms with van der Waals surface area (Å²) >= 11 is 0. The largest absolute Gasteiger partial charge is 0.324 e. The second-order valence-corrected chi connectivity index (χ2v) is 4.53. The maximum atomic E-state index is 4.59. The van der Waals surface area contributed by atoms with Crippen molar-refractivity contribution in [3.8, 4) is 0 Å². The van der Waals surface area contributed by atoms with Crippen molar-refractivity contribution in [1.29, 1.82) is 0 Å². The number of hydrogen-bond acceptors (Lipinski definition) is 4. The fraction of sp³-hybridized carbons (Fsp3) is 0.286. The highest BCUT2D eigenvalue weighted by Crippen LogP contribution is 2.19. The van der Waals surface area contributed by atoms with Crippen LogP contribution in [0.2, 0.25) is 0 Å². The summed E-state index contributed by atoms with van der Waals surface area (Å²) < 4.78 is 0. The molecular formula is C14H16N4. The van der Waals surface area contributed by atoms with Crippen LogP contribution >= 0.6 is 0 Å². The topological polar surface area (TPSA) is 49.8 Å². The number of aryl methyl sites for hydroxylation is 1. The smallest absolute Gasteiger partial charge is 0.227 e. The van der Waals surface area contributed by atoms with Gasteiger partial charge in [0, 0.05) is 37.0 Å². The molecule has 4 nitrogen and oxygen atoms in total. The predicted molar refractivity (Wildman–Crippen MR) is 71.9 cm³/mol. The number of anilines is 2. The molecule has 92 valence electrons. The normalized spacial score (nSPS) is 14.1. The molecule has 0 fully saturated rings. The first-order chi connectivity index (χ1) is 8.83. The molecule has 0 radical (unpaired) electrons. The van der Waals surface area contributed by atoms with Gasteiger partial charge in [-0.3, -0.25) is 0 Å². The molecule has 0 aliphatic carbocycles. The zero-order chi connectivity index (χ0) is 12.4. The summed E-state index contributed by atoms with van der Waals surface area (Å²) in [5, 5.41) is 6.60.